The molecule has 0 atom stereocenters. The molecule has 0 radical (unpaired) electrons. The van der Waals surface area contributed by atoms with E-state index in [2.05, 4.69) is 72.7 Å². The molecule has 1 aromatic heterocycles. The van der Waals surface area contributed by atoms with Crippen molar-refractivity contribution in [3.63, 3.8) is 0 Å². The molecule has 0 aliphatic heterocycles. The first-order valence-corrected chi connectivity index (χ1v) is 10.8. The van der Waals surface area contributed by atoms with Crippen molar-refractivity contribution in [3.8, 4) is 0 Å². The van der Waals surface area contributed by atoms with E-state index in [1.807, 2.05) is 13.1 Å². The zero-order chi connectivity index (χ0) is 20.1. The normalized spacial score (nSPS) is 10.7. The lowest BCUT2D eigenvalue weighted by molar-refractivity contribution is -0.127. The van der Waals surface area contributed by atoms with Crippen molar-refractivity contribution in [2.45, 2.75) is 31.7 Å². The molecule has 0 unspecified atom stereocenters. The molecule has 3 aromatic rings. The van der Waals surface area contributed by atoms with Gasteiger partial charge in [0.15, 0.2) is 4.34 Å². The van der Waals surface area contributed by atoms with Gasteiger partial charge in [0.05, 0.1) is 5.75 Å². The molecule has 0 aliphatic carbocycles. The van der Waals surface area contributed by atoms with Crippen molar-refractivity contribution >= 4 is 39.8 Å². The van der Waals surface area contributed by atoms with Crippen molar-refractivity contribution in [2.75, 3.05) is 18.1 Å². The summed E-state index contributed by atoms with van der Waals surface area (Å²) in [6.07, 6.45) is 0. The van der Waals surface area contributed by atoms with Crippen molar-refractivity contribution in [1.82, 2.24) is 15.1 Å². The number of amides is 1. The lowest BCUT2D eigenvalue weighted by atomic mass is 10.1. The zero-order valence-corrected chi connectivity index (χ0v) is 18.2. The minimum Gasteiger partial charge on any atom is -0.341 e. The smallest absolute Gasteiger partial charge is 0.233 e. The van der Waals surface area contributed by atoms with Crippen LogP contribution in [0, 0.1) is 20.8 Å². The fourth-order valence-electron chi connectivity index (χ4n) is 2.55. The number of anilines is 2. The lowest BCUT2D eigenvalue weighted by Gasteiger charge is -2.16. The molecule has 0 aliphatic rings. The summed E-state index contributed by atoms with van der Waals surface area (Å²) in [7, 11) is 1.83. The summed E-state index contributed by atoms with van der Waals surface area (Å²) in [6.45, 7) is 6.84. The molecular weight excluding hydrogens is 388 g/mol. The molecule has 7 heteroatoms. The first kappa shape index (κ1) is 20.4. The maximum atomic E-state index is 12.4. The predicted octanol–water partition coefficient (Wildman–Crippen LogP) is 4.96. The number of hydrogen-bond acceptors (Lipinski definition) is 6. The first-order chi connectivity index (χ1) is 13.4. The van der Waals surface area contributed by atoms with Crippen LogP contribution in [0.3, 0.4) is 0 Å². The summed E-state index contributed by atoms with van der Waals surface area (Å²) < 4.78 is 0.781. The topological polar surface area (TPSA) is 58.1 Å². The van der Waals surface area contributed by atoms with E-state index in [1.54, 1.807) is 4.90 Å². The van der Waals surface area contributed by atoms with Crippen molar-refractivity contribution < 1.29 is 4.79 Å². The Morgan fingerprint density at radius 3 is 2.54 bits per heavy atom. The summed E-state index contributed by atoms with van der Waals surface area (Å²) in [5.41, 5.74) is 5.82. The SMILES string of the molecule is Cc1ccc(CN(C)C(=O)CSc2nnc(Nc3ccc(C)c(C)c3)s2)cc1. The highest BCUT2D eigenvalue weighted by atomic mass is 32.2. The van der Waals surface area contributed by atoms with Gasteiger partial charge in [-0.2, -0.15) is 0 Å². The molecule has 0 saturated heterocycles. The van der Waals surface area contributed by atoms with Gasteiger partial charge in [-0.25, -0.2) is 0 Å². The first-order valence-electron chi connectivity index (χ1n) is 9.01. The molecule has 3 rings (SSSR count). The second-order valence-electron chi connectivity index (χ2n) is 6.82. The van der Waals surface area contributed by atoms with E-state index in [1.165, 1.54) is 39.8 Å². The van der Waals surface area contributed by atoms with Gasteiger partial charge in [0.1, 0.15) is 0 Å². The van der Waals surface area contributed by atoms with E-state index in [9.17, 15) is 4.79 Å². The number of nitrogens with one attached hydrogen (secondary N) is 1. The number of benzene rings is 2. The molecule has 0 spiro atoms. The number of aryl methyl sites for hydroxylation is 3. The molecule has 28 heavy (non-hydrogen) atoms. The van der Waals surface area contributed by atoms with Gasteiger partial charge in [-0.05, 0) is 49.6 Å². The molecule has 2 aromatic carbocycles. The van der Waals surface area contributed by atoms with Crippen molar-refractivity contribution in [2.24, 2.45) is 0 Å². The van der Waals surface area contributed by atoms with E-state index in [0.29, 0.717) is 12.3 Å². The quantitative estimate of drug-likeness (QED) is 0.556. The Morgan fingerprint density at radius 2 is 1.82 bits per heavy atom. The lowest BCUT2D eigenvalue weighted by Crippen LogP contribution is -2.27. The Bertz CT molecular complexity index is 953. The van der Waals surface area contributed by atoms with Crippen LogP contribution >= 0.6 is 23.1 Å². The van der Waals surface area contributed by atoms with Crippen LogP contribution in [0.1, 0.15) is 22.3 Å². The molecule has 0 fully saturated rings. The molecule has 1 amide bonds. The Labute approximate surface area is 174 Å². The molecular formula is C21H24N4OS2. The molecule has 5 nitrogen and oxygen atoms in total. The van der Waals surface area contributed by atoms with Gasteiger partial charge in [0, 0.05) is 19.3 Å². The van der Waals surface area contributed by atoms with Crippen LogP contribution in [0.4, 0.5) is 10.8 Å². The van der Waals surface area contributed by atoms with Crippen LogP contribution < -0.4 is 5.32 Å². The van der Waals surface area contributed by atoms with Gasteiger partial charge in [0.25, 0.3) is 0 Å². The Morgan fingerprint density at radius 1 is 1.07 bits per heavy atom. The predicted molar refractivity (Wildman–Crippen MR) is 117 cm³/mol. The second-order valence-corrected chi connectivity index (χ2v) is 9.02. The van der Waals surface area contributed by atoms with Gasteiger partial charge >= 0.3 is 0 Å². The highest BCUT2D eigenvalue weighted by Gasteiger charge is 2.12. The van der Waals surface area contributed by atoms with Crippen LogP contribution in [0.5, 0.6) is 0 Å². The van der Waals surface area contributed by atoms with E-state index in [0.717, 1.165) is 20.7 Å². The summed E-state index contributed by atoms with van der Waals surface area (Å²) in [6, 6.07) is 14.4. The van der Waals surface area contributed by atoms with E-state index < -0.39 is 0 Å². The Balaban J connectivity index is 1.51. The van der Waals surface area contributed by atoms with Crippen molar-refractivity contribution in [3.05, 3.63) is 64.7 Å². The number of hydrogen-bond donors (Lipinski definition) is 1. The average Bonchev–Trinajstić information content (AvgIpc) is 3.12. The number of carbonyl (C=O) groups excluding carboxylic acids is 1. The summed E-state index contributed by atoms with van der Waals surface area (Å²) >= 11 is 2.88. The number of carbonyl (C=O) groups is 1. The third-order valence-electron chi connectivity index (χ3n) is 4.45. The van der Waals surface area contributed by atoms with Gasteiger partial charge in [0.2, 0.25) is 11.0 Å². The molecule has 146 valence electrons. The molecule has 0 bridgehead atoms. The molecule has 1 N–H and O–H groups in total. The van der Waals surface area contributed by atoms with Gasteiger partial charge in [-0.15, -0.1) is 10.2 Å². The Kier molecular flexibility index (Phi) is 6.70. The number of nitrogens with zero attached hydrogens (tertiary/aromatic N) is 3. The highest BCUT2D eigenvalue weighted by Crippen LogP contribution is 2.28. The molecule has 0 saturated carbocycles. The second kappa shape index (κ2) is 9.21. The zero-order valence-electron chi connectivity index (χ0n) is 16.5. The summed E-state index contributed by atoms with van der Waals surface area (Å²) in [4.78, 5) is 14.1. The van der Waals surface area contributed by atoms with Gasteiger partial charge in [-0.1, -0.05) is 59.0 Å². The van der Waals surface area contributed by atoms with Crippen LogP contribution in [0.25, 0.3) is 0 Å². The number of rotatable bonds is 7. The van der Waals surface area contributed by atoms with Crippen LogP contribution in [0.2, 0.25) is 0 Å². The largest absolute Gasteiger partial charge is 0.341 e. The van der Waals surface area contributed by atoms with E-state index in [4.69, 9.17) is 0 Å². The monoisotopic (exact) mass is 412 g/mol. The summed E-state index contributed by atoms with van der Waals surface area (Å²) in [5.74, 6) is 0.421. The van der Waals surface area contributed by atoms with E-state index in [-0.39, 0.29) is 5.91 Å². The van der Waals surface area contributed by atoms with E-state index >= 15 is 0 Å². The van der Waals surface area contributed by atoms with Crippen LogP contribution in [0.15, 0.2) is 46.8 Å². The minimum atomic E-state index is 0.0736. The van der Waals surface area contributed by atoms with Gasteiger partial charge < -0.3 is 10.2 Å². The fraction of sp³-hybridized carbons (Fsp3) is 0.286. The maximum absolute atomic E-state index is 12.4. The van der Waals surface area contributed by atoms with Gasteiger partial charge in [-0.3, -0.25) is 4.79 Å². The third-order valence-corrected chi connectivity index (χ3v) is 6.41. The fourth-order valence-corrected chi connectivity index (χ4v) is 4.26. The third kappa shape index (κ3) is 5.56. The number of thioether (sulfide) groups is 1. The Hall–Kier alpha value is -2.38. The summed E-state index contributed by atoms with van der Waals surface area (Å²) in [5, 5.41) is 12.4. The minimum absolute atomic E-state index is 0.0736. The van der Waals surface area contributed by atoms with Crippen LogP contribution in [-0.4, -0.2) is 33.8 Å². The maximum Gasteiger partial charge on any atom is 0.233 e. The van der Waals surface area contributed by atoms with Crippen molar-refractivity contribution in [1.29, 1.82) is 0 Å². The highest BCUT2D eigenvalue weighted by molar-refractivity contribution is 8.01. The van der Waals surface area contributed by atoms with Crippen LogP contribution in [-0.2, 0) is 11.3 Å². The average molecular weight is 413 g/mol. The number of aromatic nitrogens is 2. The molecule has 1 heterocycles. The standard InChI is InChI=1S/C21H24N4OS2/c1-14-5-8-17(9-6-14)12-25(4)19(26)13-27-21-24-23-20(28-21)22-18-10-7-15(2)16(3)11-18/h5-11H,12-13H2,1-4H3,(H,22,23).